The summed E-state index contributed by atoms with van der Waals surface area (Å²) in [5, 5.41) is 0. The molecule has 1 aliphatic rings. The molecule has 2 nitrogen and oxygen atoms in total. The first-order chi connectivity index (χ1) is 6.88. The first kappa shape index (κ1) is 12.9. The van der Waals surface area contributed by atoms with Crippen LogP contribution in [0.25, 0.3) is 0 Å². The first-order valence-electron chi connectivity index (χ1n) is 3.88. The number of halogens is 4. The van der Waals surface area contributed by atoms with Gasteiger partial charge in [-0.05, 0) is 6.07 Å². The highest BCUT2D eigenvalue weighted by molar-refractivity contribution is 6.83. The number of alkyl halides is 4. The number of carbonyl (C=O) groups excluding carboxylic acids is 1. The van der Waals surface area contributed by atoms with Crippen molar-refractivity contribution in [1.82, 2.24) is 0 Å². The van der Waals surface area contributed by atoms with Gasteiger partial charge >= 0.3 is 5.97 Å². The number of carbonyl (C=O) groups is 1. The zero-order chi connectivity index (χ0) is 11.5. The molecule has 0 unspecified atom stereocenters. The molecule has 0 atom stereocenters. The SMILES string of the molecule is ClC(Cl)(Cl)Cl.O=C1OCc2ccccc21. The summed E-state index contributed by atoms with van der Waals surface area (Å²) in [6.07, 6.45) is 0. The molecule has 82 valence electrons. The Balaban J connectivity index is 0.000000195. The normalized spacial score (nSPS) is 13.7. The highest BCUT2D eigenvalue weighted by Gasteiger charge is 2.18. The third-order valence-corrected chi connectivity index (χ3v) is 1.60. The Morgan fingerprint density at radius 1 is 1.13 bits per heavy atom. The summed E-state index contributed by atoms with van der Waals surface area (Å²) >= 11 is 19.3. The van der Waals surface area contributed by atoms with Crippen LogP contribution in [-0.4, -0.2) is 9.22 Å². The summed E-state index contributed by atoms with van der Waals surface area (Å²) in [7, 11) is 0. The molecule has 0 amide bonds. The van der Waals surface area contributed by atoms with Crippen molar-refractivity contribution < 1.29 is 9.53 Å². The minimum atomic E-state index is -1.61. The molecular weight excluding hydrogens is 282 g/mol. The molecule has 1 aromatic rings. The van der Waals surface area contributed by atoms with E-state index >= 15 is 0 Å². The molecule has 0 N–H and O–H groups in total. The monoisotopic (exact) mass is 286 g/mol. The quantitative estimate of drug-likeness (QED) is 0.534. The second kappa shape index (κ2) is 5.26. The minimum Gasteiger partial charge on any atom is -0.457 e. The minimum absolute atomic E-state index is 0.199. The van der Waals surface area contributed by atoms with Crippen LogP contribution in [0.3, 0.4) is 0 Å². The Hall–Kier alpha value is -0.150. The molecule has 1 aliphatic heterocycles. The third-order valence-electron chi connectivity index (χ3n) is 1.60. The van der Waals surface area contributed by atoms with Crippen LogP contribution >= 0.6 is 46.4 Å². The van der Waals surface area contributed by atoms with Gasteiger partial charge in [-0.3, -0.25) is 0 Å². The van der Waals surface area contributed by atoms with E-state index in [9.17, 15) is 4.79 Å². The van der Waals surface area contributed by atoms with E-state index in [4.69, 9.17) is 51.1 Å². The standard InChI is InChI=1S/C8H6O2.CCl4/c9-8-7-4-2-1-3-6(7)5-10-8;2-1(3,4)5/h1-4H,5H2;. The maximum absolute atomic E-state index is 10.8. The highest BCUT2D eigenvalue weighted by atomic mass is 35.6. The van der Waals surface area contributed by atoms with Gasteiger partial charge in [-0.15, -0.1) is 0 Å². The molecule has 2 rings (SSSR count). The van der Waals surface area contributed by atoms with E-state index in [2.05, 4.69) is 0 Å². The lowest BCUT2D eigenvalue weighted by atomic mass is 10.1. The van der Waals surface area contributed by atoms with Gasteiger partial charge in [-0.25, -0.2) is 4.79 Å². The average molecular weight is 288 g/mol. The van der Waals surface area contributed by atoms with Gasteiger partial charge in [0.15, 0.2) is 0 Å². The van der Waals surface area contributed by atoms with E-state index in [0.717, 1.165) is 5.56 Å². The van der Waals surface area contributed by atoms with Crippen molar-refractivity contribution in [2.75, 3.05) is 0 Å². The fourth-order valence-electron chi connectivity index (χ4n) is 1.07. The number of hydrogen-bond acceptors (Lipinski definition) is 2. The van der Waals surface area contributed by atoms with E-state index < -0.39 is 3.25 Å². The summed E-state index contributed by atoms with van der Waals surface area (Å²) < 4.78 is 3.17. The molecule has 6 heteroatoms. The van der Waals surface area contributed by atoms with Crippen LogP contribution in [0.2, 0.25) is 0 Å². The maximum atomic E-state index is 10.8. The molecule has 15 heavy (non-hydrogen) atoms. The van der Waals surface area contributed by atoms with Gasteiger partial charge in [0.25, 0.3) is 3.25 Å². The molecule has 0 fully saturated rings. The second-order valence-corrected chi connectivity index (χ2v) is 6.09. The number of esters is 1. The average Bonchev–Trinajstić information content (AvgIpc) is 2.46. The fourth-order valence-corrected chi connectivity index (χ4v) is 1.07. The highest BCUT2D eigenvalue weighted by Crippen LogP contribution is 2.29. The summed E-state index contributed by atoms with van der Waals surface area (Å²) in [6, 6.07) is 7.43. The van der Waals surface area contributed by atoms with Gasteiger partial charge in [0.1, 0.15) is 6.61 Å². The third kappa shape index (κ3) is 4.94. The van der Waals surface area contributed by atoms with Crippen molar-refractivity contribution in [3.8, 4) is 0 Å². The van der Waals surface area contributed by atoms with Crippen molar-refractivity contribution in [1.29, 1.82) is 0 Å². The number of ether oxygens (including phenoxy) is 1. The first-order valence-corrected chi connectivity index (χ1v) is 5.40. The van der Waals surface area contributed by atoms with E-state index in [1.807, 2.05) is 18.2 Å². The Bertz CT molecular complexity index is 353. The summed E-state index contributed by atoms with van der Waals surface area (Å²) in [5.41, 5.74) is 1.70. The van der Waals surface area contributed by atoms with Gasteiger partial charge < -0.3 is 4.74 Å². The Morgan fingerprint density at radius 3 is 2.20 bits per heavy atom. The van der Waals surface area contributed by atoms with E-state index in [1.165, 1.54) is 0 Å². The van der Waals surface area contributed by atoms with Crippen molar-refractivity contribution in [2.45, 2.75) is 9.86 Å². The summed E-state index contributed by atoms with van der Waals surface area (Å²) in [4.78, 5) is 10.8. The molecule has 0 aromatic heterocycles. The van der Waals surface area contributed by atoms with Gasteiger partial charge in [0.05, 0.1) is 5.56 Å². The second-order valence-electron chi connectivity index (χ2n) is 2.66. The lowest BCUT2D eigenvalue weighted by molar-refractivity contribution is 0.0535. The van der Waals surface area contributed by atoms with Crippen LogP contribution in [0.1, 0.15) is 15.9 Å². The lowest BCUT2D eigenvalue weighted by Gasteiger charge is -1.91. The van der Waals surface area contributed by atoms with Crippen LogP contribution < -0.4 is 0 Å². The number of benzene rings is 1. The molecule has 0 spiro atoms. The maximum Gasteiger partial charge on any atom is 0.338 e. The van der Waals surface area contributed by atoms with E-state index in [0.29, 0.717) is 12.2 Å². The van der Waals surface area contributed by atoms with Crippen molar-refractivity contribution in [3.05, 3.63) is 35.4 Å². The molecular formula is C9H6Cl4O2. The molecule has 1 aromatic carbocycles. The zero-order valence-corrected chi connectivity index (χ0v) is 10.4. The number of fused-ring (bicyclic) bond motifs is 1. The van der Waals surface area contributed by atoms with E-state index in [1.54, 1.807) is 6.07 Å². The van der Waals surface area contributed by atoms with Crippen molar-refractivity contribution in [2.24, 2.45) is 0 Å². The molecule has 0 bridgehead atoms. The largest absolute Gasteiger partial charge is 0.457 e. The molecule has 0 saturated heterocycles. The Labute approximate surface area is 107 Å². The molecule has 0 aliphatic carbocycles. The Morgan fingerprint density at radius 2 is 1.67 bits per heavy atom. The smallest absolute Gasteiger partial charge is 0.338 e. The van der Waals surface area contributed by atoms with Crippen molar-refractivity contribution in [3.63, 3.8) is 0 Å². The van der Waals surface area contributed by atoms with Crippen LogP contribution in [0.15, 0.2) is 24.3 Å². The van der Waals surface area contributed by atoms with Crippen LogP contribution in [-0.2, 0) is 11.3 Å². The van der Waals surface area contributed by atoms with Crippen LogP contribution in [0.4, 0.5) is 0 Å². The fraction of sp³-hybridized carbons (Fsp3) is 0.222. The van der Waals surface area contributed by atoms with Crippen LogP contribution in [0.5, 0.6) is 0 Å². The predicted octanol–water partition coefficient (Wildman–Crippen LogP) is 3.91. The number of rotatable bonds is 0. The molecule has 0 saturated carbocycles. The van der Waals surface area contributed by atoms with E-state index in [-0.39, 0.29) is 5.97 Å². The lowest BCUT2D eigenvalue weighted by Crippen LogP contribution is -1.91. The van der Waals surface area contributed by atoms with Crippen molar-refractivity contribution >= 4 is 52.4 Å². The van der Waals surface area contributed by atoms with Gasteiger partial charge in [0.2, 0.25) is 0 Å². The Kier molecular flexibility index (Phi) is 4.53. The van der Waals surface area contributed by atoms with Gasteiger partial charge in [0, 0.05) is 5.56 Å². The van der Waals surface area contributed by atoms with Gasteiger partial charge in [-0.1, -0.05) is 64.6 Å². The van der Waals surface area contributed by atoms with Crippen LogP contribution in [0, 0.1) is 0 Å². The summed E-state index contributed by atoms with van der Waals surface area (Å²) in [5.74, 6) is -0.199. The zero-order valence-electron chi connectivity index (χ0n) is 7.34. The topological polar surface area (TPSA) is 26.3 Å². The number of hydrogen-bond donors (Lipinski definition) is 0. The molecule has 1 heterocycles. The summed E-state index contributed by atoms with van der Waals surface area (Å²) in [6.45, 7) is 0.439. The predicted molar refractivity (Wildman–Crippen MR) is 61.7 cm³/mol. The number of cyclic esters (lactones) is 1. The van der Waals surface area contributed by atoms with Gasteiger partial charge in [-0.2, -0.15) is 0 Å². The molecule has 0 radical (unpaired) electrons.